The van der Waals surface area contributed by atoms with Gasteiger partial charge in [0, 0.05) is 6.08 Å². The van der Waals surface area contributed by atoms with E-state index in [9.17, 15) is 4.79 Å². The lowest BCUT2D eigenvalue weighted by Crippen LogP contribution is -2.09. The summed E-state index contributed by atoms with van der Waals surface area (Å²) >= 11 is 1.60. The van der Waals surface area contributed by atoms with Gasteiger partial charge in [0.1, 0.15) is 5.75 Å². The Kier molecular flexibility index (Phi) is 4.75. The predicted molar refractivity (Wildman–Crippen MR) is 79.6 cm³/mol. The third-order valence-corrected chi connectivity index (χ3v) is 3.12. The maximum Gasteiger partial charge on any atom is 0.248 e. The minimum absolute atomic E-state index is 0.168. The van der Waals surface area contributed by atoms with E-state index in [1.165, 1.54) is 6.08 Å². The van der Waals surface area contributed by atoms with Crippen LogP contribution in [-0.4, -0.2) is 12.5 Å². The third kappa shape index (κ3) is 3.96. The summed E-state index contributed by atoms with van der Waals surface area (Å²) in [5.74, 6) is 0.514. The highest BCUT2D eigenvalue weighted by Crippen LogP contribution is 2.23. The van der Waals surface area contributed by atoms with Crippen molar-refractivity contribution in [3.63, 3.8) is 0 Å². The van der Waals surface area contributed by atoms with Crippen LogP contribution < -0.4 is 10.1 Å². The van der Waals surface area contributed by atoms with Crippen LogP contribution >= 0.6 is 11.3 Å². The first kappa shape index (κ1) is 13.4. The first-order valence-corrected chi connectivity index (χ1v) is 6.97. The molecular formula is C15H15NO2S. The van der Waals surface area contributed by atoms with Gasteiger partial charge in [0.05, 0.1) is 12.3 Å². The molecule has 98 valence electrons. The van der Waals surface area contributed by atoms with Crippen molar-refractivity contribution >= 4 is 29.0 Å². The summed E-state index contributed by atoms with van der Waals surface area (Å²) in [7, 11) is 0. The van der Waals surface area contributed by atoms with E-state index in [0.29, 0.717) is 18.0 Å². The fourth-order valence-corrected chi connectivity index (χ4v) is 2.20. The molecule has 0 aliphatic rings. The average Bonchev–Trinajstić information content (AvgIpc) is 2.92. The lowest BCUT2D eigenvalue weighted by atomic mass is 10.2. The van der Waals surface area contributed by atoms with Crippen molar-refractivity contribution < 1.29 is 9.53 Å². The van der Waals surface area contributed by atoms with Gasteiger partial charge in [-0.15, -0.1) is 0 Å². The number of para-hydroxylation sites is 2. The monoisotopic (exact) mass is 273 g/mol. The van der Waals surface area contributed by atoms with Gasteiger partial charge in [0.2, 0.25) is 5.91 Å². The molecule has 0 atom stereocenters. The predicted octanol–water partition coefficient (Wildman–Crippen LogP) is 3.80. The zero-order valence-electron chi connectivity index (χ0n) is 10.6. The summed E-state index contributed by atoms with van der Waals surface area (Å²) in [4.78, 5) is 11.8. The van der Waals surface area contributed by atoms with E-state index >= 15 is 0 Å². The molecule has 0 saturated heterocycles. The van der Waals surface area contributed by atoms with E-state index in [4.69, 9.17) is 4.74 Å². The van der Waals surface area contributed by atoms with E-state index in [1.54, 1.807) is 17.4 Å². The summed E-state index contributed by atoms with van der Waals surface area (Å²) in [5.41, 5.74) is 1.71. The Hall–Kier alpha value is -2.07. The van der Waals surface area contributed by atoms with Crippen LogP contribution in [0.3, 0.4) is 0 Å². The zero-order chi connectivity index (χ0) is 13.5. The quantitative estimate of drug-likeness (QED) is 0.841. The maximum absolute atomic E-state index is 11.8. The fraction of sp³-hybridized carbons (Fsp3) is 0.133. The second kappa shape index (κ2) is 6.75. The lowest BCUT2D eigenvalue weighted by molar-refractivity contribution is -0.111. The number of hydrogen-bond donors (Lipinski definition) is 1. The minimum atomic E-state index is -0.168. The smallest absolute Gasteiger partial charge is 0.248 e. The molecule has 1 N–H and O–H groups in total. The third-order valence-electron chi connectivity index (χ3n) is 2.42. The summed E-state index contributed by atoms with van der Waals surface area (Å²) in [6, 6.07) is 9.36. The van der Waals surface area contributed by atoms with Crippen molar-refractivity contribution in [2.75, 3.05) is 11.9 Å². The molecule has 1 amide bonds. The molecule has 1 heterocycles. The minimum Gasteiger partial charge on any atom is -0.492 e. The molecule has 0 saturated carbocycles. The largest absolute Gasteiger partial charge is 0.492 e. The highest BCUT2D eigenvalue weighted by molar-refractivity contribution is 7.08. The van der Waals surface area contributed by atoms with Gasteiger partial charge in [0.25, 0.3) is 0 Å². The Balaban J connectivity index is 2.02. The van der Waals surface area contributed by atoms with Crippen LogP contribution in [0.15, 0.2) is 47.2 Å². The Morgan fingerprint density at radius 3 is 2.95 bits per heavy atom. The maximum atomic E-state index is 11.8. The van der Waals surface area contributed by atoms with Gasteiger partial charge in [-0.1, -0.05) is 12.1 Å². The van der Waals surface area contributed by atoms with Gasteiger partial charge in [-0.3, -0.25) is 4.79 Å². The SMILES string of the molecule is CCOc1ccccc1NC(=O)C=Cc1ccsc1. The van der Waals surface area contributed by atoms with Crippen LogP contribution in [-0.2, 0) is 4.79 Å². The molecule has 1 aromatic heterocycles. The molecule has 0 aliphatic heterocycles. The summed E-state index contributed by atoms with van der Waals surface area (Å²) in [6.07, 6.45) is 3.31. The van der Waals surface area contributed by atoms with E-state index in [-0.39, 0.29) is 5.91 Å². The molecule has 2 aromatic rings. The van der Waals surface area contributed by atoms with Gasteiger partial charge < -0.3 is 10.1 Å². The van der Waals surface area contributed by atoms with Gasteiger partial charge >= 0.3 is 0 Å². The van der Waals surface area contributed by atoms with Crippen LogP contribution in [0, 0.1) is 0 Å². The highest BCUT2D eigenvalue weighted by Gasteiger charge is 2.04. The van der Waals surface area contributed by atoms with Crippen molar-refractivity contribution in [1.29, 1.82) is 0 Å². The molecule has 0 aliphatic carbocycles. The number of carbonyl (C=O) groups excluding carboxylic acids is 1. The van der Waals surface area contributed by atoms with Crippen LogP contribution in [0.1, 0.15) is 12.5 Å². The van der Waals surface area contributed by atoms with Gasteiger partial charge in [-0.2, -0.15) is 11.3 Å². The van der Waals surface area contributed by atoms with E-state index in [2.05, 4.69) is 5.32 Å². The van der Waals surface area contributed by atoms with E-state index < -0.39 is 0 Å². The van der Waals surface area contributed by atoms with Crippen molar-refractivity contribution in [2.24, 2.45) is 0 Å². The van der Waals surface area contributed by atoms with Crippen molar-refractivity contribution in [3.05, 3.63) is 52.7 Å². The number of carbonyl (C=O) groups is 1. The molecule has 19 heavy (non-hydrogen) atoms. The molecule has 3 nitrogen and oxygen atoms in total. The normalized spacial score (nSPS) is 10.6. The first-order valence-electron chi connectivity index (χ1n) is 6.02. The molecule has 0 radical (unpaired) electrons. The number of rotatable bonds is 5. The number of thiophene rings is 1. The molecular weight excluding hydrogens is 258 g/mol. The molecule has 2 rings (SSSR count). The summed E-state index contributed by atoms with van der Waals surface area (Å²) in [6.45, 7) is 2.48. The molecule has 0 unspecified atom stereocenters. The lowest BCUT2D eigenvalue weighted by Gasteiger charge is -2.09. The van der Waals surface area contributed by atoms with Crippen molar-refractivity contribution in [1.82, 2.24) is 0 Å². The Morgan fingerprint density at radius 1 is 1.37 bits per heavy atom. The number of benzene rings is 1. The van der Waals surface area contributed by atoms with Gasteiger partial charge in [-0.25, -0.2) is 0 Å². The number of anilines is 1. The Morgan fingerprint density at radius 2 is 2.21 bits per heavy atom. The van der Waals surface area contributed by atoms with Crippen molar-refractivity contribution in [2.45, 2.75) is 6.92 Å². The van der Waals surface area contributed by atoms with Crippen LogP contribution in [0.5, 0.6) is 5.75 Å². The number of amides is 1. The standard InChI is InChI=1S/C15H15NO2S/c1-2-18-14-6-4-3-5-13(14)16-15(17)8-7-12-9-10-19-11-12/h3-11H,2H2,1H3,(H,16,17). The molecule has 0 bridgehead atoms. The number of nitrogens with one attached hydrogen (secondary N) is 1. The molecule has 1 aromatic carbocycles. The highest BCUT2D eigenvalue weighted by atomic mass is 32.1. The topological polar surface area (TPSA) is 38.3 Å². The van der Waals surface area contributed by atoms with Crippen LogP contribution in [0.25, 0.3) is 6.08 Å². The Labute approximate surface area is 116 Å². The summed E-state index contributed by atoms with van der Waals surface area (Å²) < 4.78 is 5.45. The molecule has 0 spiro atoms. The molecule has 0 fully saturated rings. The van der Waals surface area contributed by atoms with Gasteiger partial charge in [-0.05, 0) is 47.5 Å². The van der Waals surface area contributed by atoms with E-state index in [0.717, 1.165) is 5.56 Å². The fourth-order valence-electron chi connectivity index (χ4n) is 1.57. The van der Waals surface area contributed by atoms with Crippen LogP contribution in [0.4, 0.5) is 5.69 Å². The van der Waals surface area contributed by atoms with Crippen LogP contribution in [0.2, 0.25) is 0 Å². The van der Waals surface area contributed by atoms with Crippen molar-refractivity contribution in [3.8, 4) is 5.75 Å². The zero-order valence-corrected chi connectivity index (χ0v) is 11.4. The number of hydrogen-bond acceptors (Lipinski definition) is 3. The summed E-state index contributed by atoms with van der Waals surface area (Å²) in [5, 5.41) is 6.77. The first-order chi connectivity index (χ1) is 9.29. The average molecular weight is 273 g/mol. The van der Waals surface area contributed by atoms with E-state index in [1.807, 2.05) is 48.0 Å². The number of ether oxygens (including phenoxy) is 1. The van der Waals surface area contributed by atoms with Gasteiger partial charge in [0.15, 0.2) is 0 Å². The molecule has 4 heteroatoms. The second-order valence-electron chi connectivity index (χ2n) is 3.81. The Bertz CT molecular complexity index is 561. The second-order valence-corrected chi connectivity index (χ2v) is 4.59.